The number of amides is 1. The maximum atomic E-state index is 12.5. The molecule has 1 aromatic carbocycles. The van der Waals surface area contributed by atoms with Crippen LogP contribution in [0.4, 0.5) is 0 Å². The topological polar surface area (TPSA) is 57.5 Å². The third-order valence-corrected chi connectivity index (χ3v) is 5.18. The molecule has 1 aliphatic heterocycles. The van der Waals surface area contributed by atoms with Gasteiger partial charge in [-0.15, -0.1) is 0 Å². The second-order valence-corrected chi connectivity index (χ2v) is 7.20. The standard InChI is InChI=1S/C20H25N3O2/c24-18-11-17(22(14-18)13-15-5-2-1-3-6-15)12-21-20(25)19-7-4-10-23(19)16-8-9-16/h1-7,10,16-18,24H,8-9,11-14H2,(H,21,25). The van der Waals surface area contributed by atoms with Crippen LogP contribution in [0.5, 0.6) is 0 Å². The first-order valence-corrected chi connectivity index (χ1v) is 9.12. The van der Waals surface area contributed by atoms with E-state index in [2.05, 4.69) is 26.9 Å². The quantitative estimate of drug-likeness (QED) is 0.848. The lowest BCUT2D eigenvalue weighted by molar-refractivity contribution is 0.0930. The molecule has 1 saturated carbocycles. The summed E-state index contributed by atoms with van der Waals surface area (Å²) in [6.07, 6.45) is 4.70. The zero-order valence-electron chi connectivity index (χ0n) is 14.3. The molecule has 5 heteroatoms. The Balaban J connectivity index is 1.37. The van der Waals surface area contributed by atoms with E-state index in [1.165, 1.54) is 5.56 Å². The van der Waals surface area contributed by atoms with Crippen LogP contribution in [-0.4, -0.2) is 45.7 Å². The zero-order valence-corrected chi connectivity index (χ0v) is 14.3. The number of aromatic nitrogens is 1. The number of β-amino-alcohol motifs (C(OH)–C–C–N with tert-alkyl or cyclic N) is 1. The number of benzene rings is 1. The molecular weight excluding hydrogens is 314 g/mol. The lowest BCUT2D eigenvalue weighted by Gasteiger charge is -2.24. The maximum absolute atomic E-state index is 12.5. The van der Waals surface area contributed by atoms with Crippen molar-refractivity contribution >= 4 is 5.91 Å². The largest absolute Gasteiger partial charge is 0.392 e. The van der Waals surface area contributed by atoms with Gasteiger partial charge in [0.25, 0.3) is 5.91 Å². The van der Waals surface area contributed by atoms with Gasteiger partial charge >= 0.3 is 0 Å². The monoisotopic (exact) mass is 339 g/mol. The van der Waals surface area contributed by atoms with Crippen LogP contribution < -0.4 is 5.32 Å². The Morgan fingerprint density at radius 1 is 1.16 bits per heavy atom. The summed E-state index contributed by atoms with van der Waals surface area (Å²) >= 11 is 0. The number of carbonyl (C=O) groups is 1. The van der Waals surface area contributed by atoms with Gasteiger partial charge in [-0.1, -0.05) is 30.3 Å². The number of aliphatic hydroxyl groups is 1. The van der Waals surface area contributed by atoms with E-state index in [1.54, 1.807) is 0 Å². The van der Waals surface area contributed by atoms with Crippen LogP contribution in [0, 0.1) is 0 Å². The molecule has 2 N–H and O–H groups in total. The summed E-state index contributed by atoms with van der Waals surface area (Å²) in [5.41, 5.74) is 1.98. The molecular formula is C20H25N3O2. The Kier molecular flexibility index (Phi) is 4.59. The molecule has 2 atom stereocenters. The number of nitrogens with zero attached hydrogens (tertiary/aromatic N) is 2. The summed E-state index contributed by atoms with van der Waals surface area (Å²) < 4.78 is 2.08. The minimum atomic E-state index is -0.319. The van der Waals surface area contributed by atoms with Crippen LogP contribution in [0.25, 0.3) is 0 Å². The predicted molar refractivity (Wildman–Crippen MR) is 96.3 cm³/mol. The molecule has 0 radical (unpaired) electrons. The van der Waals surface area contributed by atoms with Crippen molar-refractivity contribution in [3.05, 3.63) is 59.9 Å². The maximum Gasteiger partial charge on any atom is 0.267 e. The highest BCUT2D eigenvalue weighted by Gasteiger charge is 2.32. The van der Waals surface area contributed by atoms with E-state index in [0.717, 1.165) is 25.1 Å². The van der Waals surface area contributed by atoms with E-state index >= 15 is 0 Å². The van der Waals surface area contributed by atoms with Crippen LogP contribution >= 0.6 is 0 Å². The Morgan fingerprint density at radius 2 is 1.96 bits per heavy atom. The molecule has 1 saturated heterocycles. The highest BCUT2D eigenvalue weighted by atomic mass is 16.3. The van der Waals surface area contributed by atoms with Gasteiger partial charge in [-0.25, -0.2) is 0 Å². The number of nitrogens with one attached hydrogen (secondary N) is 1. The number of carbonyl (C=O) groups excluding carboxylic acids is 1. The van der Waals surface area contributed by atoms with Crippen molar-refractivity contribution in [1.29, 1.82) is 0 Å². The van der Waals surface area contributed by atoms with Gasteiger partial charge in [-0.05, 0) is 37.0 Å². The number of rotatable bonds is 6. The lowest BCUT2D eigenvalue weighted by atomic mass is 10.1. The van der Waals surface area contributed by atoms with Crippen molar-refractivity contribution in [3.63, 3.8) is 0 Å². The average molecular weight is 339 g/mol. The van der Waals surface area contributed by atoms with Crippen LogP contribution in [0.3, 0.4) is 0 Å². The van der Waals surface area contributed by atoms with Crippen molar-refractivity contribution in [3.8, 4) is 0 Å². The number of hydrogen-bond acceptors (Lipinski definition) is 3. The highest BCUT2D eigenvalue weighted by Crippen LogP contribution is 2.36. The van der Waals surface area contributed by atoms with Gasteiger partial charge in [0.1, 0.15) is 5.69 Å². The van der Waals surface area contributed by atoms with Crippen LogP contribution in [0.2, 0.25) is 0 Å². The minimum Gasteiger partial charge on any atom is -0.392 e. The SMILES string of the molecule is O=C(NCC1CC(O)CN1Cc1ccccc1)c1cccn1C1CC1. The molecule has 0 bridgehead atoms. The summed E-state index contributed by atoms with van der Waals surface area (Å²) in [4.78, 5) is 14.8. The molecule has 2 heterocycles. The van der Waals surface area contributed by atoms with Gasteiger partial charge < -0.3 is 15.0 Å². The van der Waals surface area contributed by atoms with E-state index in [1.807, 2.05) is 36.5 Å². The number of aliphatic hydroxyl groups excluding tert-OH is 1. The highest BCUT2D eigenvalue weighted by molar-refractivity contribution is 5.92. The Bertz CT molecular complexity index is 724. The zero-order chi connectivity index (χ0) is 17.2. The molecule has 1 aliphatic carbocycles. The summed E-state index contributed by atoms with van der Waals surface area (Å²) in [5, 5.41) is 13.1. The normalized spacial score (nSPS) is 23.7. The van der Waals surface area contributed by atoms with E-state index in [4.69, 9.17) is 0 Å². The van der Waals surface area contributed by atoms with Crippen molar-refractivity contribution in [2.24, 2.45) is 0 Å². The number of likely N-dealkylation sites (tertiary alicyclic amines) is 1. The van der Waals surface area contributed by atoms with Crippen LogP contribution in [0.1, 0.15) is 41.4 Å². The van der Waals surface area contributed by atoms with Crippen LogP contribution in [0.15, 0.2) is 48.7 Å². The van der Waals surface area contributed by atoms with Gasteiger partial charge in [0.05, 0.1) is 6.10 Å². The van der Waals surface area contributed by atoms with Gasteiger partial charge in [0.2, 0.25) is 0 Å². The second-order valence-electron chi connectivity index (χ2n) is 7.20. The first-order chi connectivity index (χ1) is 12.2. The van der Waals surface area contributed by atoms with Gasteiger partial charge in [0, 0.05) is 37.9 Å². The van der Waals surface area contributed by atoms with E-state index in [-0.39, 0.29) is 18.1 Å². The van der Waals surface area contributed by atoms with Crippen molar-refractivity contribution in [1.82, 2.24) is 14.8 Å². The van der Waals surface area contributed by atoms with E-state index in [0.29, 0.717) is 25.6 Å². The summed E-state index contributed by atoms with van der Waals surface area (Å²) in [6.45, 7) is 2.03. The van der Waals surface area contributed by atoms with Crippen molar-refractivity contribution in [2.75, 3.05) is 13.1 Å². The third kappa shape index (κ3) is 3.78. The van der Waals surface area contributed by atoms with Crippen molar-refractivity contribution in [2.45, 2.75) is 44.0 Å². The van der Waals surface area contributed by atoms with Crippen LogP contribution in [-0.2, 0) is 6.54 Å². The van der Waals surface area contributed by atoms with Gasteiger partial charge in [-0.3, -0.25) is 9.69 Å². The minimum absolute atomic E-state index is 0.0158. The molecule has 1 amide bonds. The van der Waals surface area contributed by atoms with Crippen molar-refractivity contribution < 1.29 is 9.90 Å². The fourth-order valence-electron chi connectivity index (χ4n) is 3.74. The van der Waals surface area contributed by atoms with Gasteiger partial charge in [-0.2, -0.15) is 0 Å². The molecule has 2 fully saturated rings. The lowest BCUT2D eigenvalue weighted by Crippen LogP contribution is -2.40. The summed E-state index contributed by atoms with van der Waals surface area (Å²) in [5.74, 6) is -0.0158. The number of hydrogen-bond donors (Lipinski definition) is 2. The Hall–Kier alpha value is -2.11. The Morgan fingerprint density at radius 3 is 2.72 bits per heavy atom. The second kappa shape index (κ2) is 7.02. The Labute approximate surface area is 148 Å². The molecule has 5 nitrogen and oxygen atoms in total. The molecule has 1 aromatic heterocycles. The summed E-state index contributed by atoms with van der Waals surface area (Å²) in [7, 11) is 0. The third-order valence-electron chi connectivity index (χ3n) is 5.18. The molecule has 2 aliphatic rings. The average Bonchev–Trinajstić information content (AvgIpc) is 3.23. The van der Waals surface area contributed by atoms with E-state index < -0.39 is 0 Å². The fourth-order valence-corrected chi connectivity index (χ4v) is 3.74. The molecule has 4 rings (SSSR count). The molecule has 25 heavy (non-hydrogen) atoms. The molecule has 0 spiro atoms. The first kappa shape index (κ1) is 16.4. The molecule has 2 unspecified atom stereocenters. The molecule has 2 aromatic rings. The van der Waals surface area contributed by atoms with Gasteiger partial charge in [0.15, 0.2) is 0 Å². The predicted octanol–water partition coefficient (Wildman–Crippen LogP) is 2.19. The summed E-state index contributed by atoms with van der Waals surface area (Å²) in [6, 6.07) is 14.8. The first-order valence-electron chi connectivity index (χ1n) is 9.12. The molecule has 132 valence electrons. The van der Waals surface area contributed by atoms with E-state index in [9.17, 15) is 9.90 Å². The fraction of sp³-hybridized carbons (Fsp3) is 0.450. The smallest absolute Gasteiger partial charge is 0.267 e.